The van der Waals surface area contributed by atoms with Gasteiger partial charge in [-0.05, 0) is 16.7 Å². The van der Waals surface area contributed by atoms with E-state index in [9.17, 15) is 10.1 Å². The first kappa shape index (κ1) is 21.4. The van der Waals surface area contributed by atoms with E-state index < -0.39 is 11.3 Å². The summed E-state index contributed by atoms with van der Waals surface area (Å²) in [5.74, 6) is -1.14. The molecule has 3 heteroatoms. The Balaban J connectivity index is 1.87. The molecule has 0 amide bonds. The number of nitriles is 1. The fourth-order valence-corrected chi connectivity index (χ4v) is 5.51. The molecule has 34 heavy (non-hydrogen) atoms. The topological polar surface area (TPSA) is 66.9 Å². The quantitative estimate of drug-likeness (QED) is 0.387. The number of nitrogens with two attached hydrogens (primary N) is 1. The number of carbonyl (C=O) groups is 1. The summed E-state index contributed by atoms with van der Waals surface area (Å²) in [7, 11) is 0. The predicted molar refractivity (Wildman–Crippen MR) is 134 cm³/mol. The molecule has 0 aliphatic heterocycles. The summed E-state index contributed by atoms with van der Waals surface area (Å²) in [5, 5.41) is 10.5. The van der Waals surface area contributed by atoms with E-state index in [0.29, 0.717) is 16.8 Å². The van der Waals surface area contributed by atoms with Crippen molar-refractivity contribution >= 4 is 5.78 Å². The molecule has 0 saturated heterocycles. The number of benzene rings is 4. The lowest BCUT2D eigenvalue weighted by atomic mass is 9.60. The van der Waals surface area contributed by atoms with Gasteiger partial charge in [0.25, 0.3) is 0 Å². The Bertz CT molecular complexity index is 1330. The molecule has 5 rings (SSSR count). The zero-order valence-corrected chi connectivity index (χ0v) is 18.6. The van der Waals surface area contributed by atoms with Crippen LogP contribution in [0.5, 0.6) is 0 Å². The maximum atomic E-state index is 14.0. The first-order valence-electron chi connectivity index (χ1n) is 11.3. The van der Waals surface area contributed by atoms with E-state index in [1.807, 2.05) is 121 Å². The lowest BCUT2D eigenvalue weighted by Gasteiger charge is -2.39. The van der Waals surface area contributed by atoms with Crippen LogP contribution in [0.2, 0.25) is 0 Å². The van der Waals surface area contributed by atoms with Gasteiger partial charge in [-0.2, -0.15) is 5.26 Å². The van der Waals surface area contributed by atoms with Crippen LogP contribution in [0.15, 0.2) is 133 Å². The first-order chi connectivity index (χ1) is 16.7. The van der Waals surface area contributed by atoms with Gasteiger partial charge in [0, 0.05) is 17.2 Å². The minimum absolute atomic E-state index is 0.0755. The SMILES string of the molecule is N#CC1=C(N)C(C(=O)c2ccccc2)C(c2ccccc2)C1(c1ccccc1)c1ccccc1. The molecule has 0 fully saturated rings. The van der Waals surface area contributed by atoms with Crippen LogP contribution in [0, 0.1) is 17.2 Å². The van der Waals surface area contributed by atoms with Gasteiger partial charge in [-0.1, -0.05) is 121 Å². The molecule has 0 aromatic heterocycles. The monoisotopic (exact) mass is 440 g/mol. The Labute approximate surface area is 199 Å². The highest BCUT2D eigenvalue weighted by Gasteiger charge is 2.58. The highest BCUT2D eigenvalue weighted by Crippen LogP contribution is 2.59. The minimum atomic E-state index is -0.905. The Morgan fingerprint density at radius 2 is 1.15 bits per heavy atom. The molecule has 0 spiro atoms. The smallest absolute Gasteiger partial charge is 0.172 e. The molecular formula is C31H24N2O. The zero-order chi connectivity index (χ0) is 23.5. The molecule has 0 radical (unpaired) electrons. The lowest BCUT2D eigenvalue weighted by molar-refractivity contribution is 0.0919. The van der Waals surface area contributed by atoms with Gasteiger partial charge in [0.05, 0.1) is 23.0 Å². The lowest BCUT2D eigenvalue weighted by Crippen LogP contribution is -2.37. The molecular weight excluding hydrogens is 416 g/mol. The molecule has 164 valence electrons. The van der Waals surface area contributed by atoms with Crippen molar-refractivity contribution in [1.82, 2.24) is 0 Å². The van der Waals surface area contributed by atoms with Gasteiger partial charge in [-0.3, -0.25) is 4.79 Å². The fraction of sp³-hybridized carbons (Fsp3) is 0.0968. The summed E-state index contributed by atoms with van der Waals surface area (Å²) in [6, 6.07) is 41.6. The van der Waals surface area contributed by atoms with Crippen molar-refractivity contribution in [3.8, 4) is 6.07 Å². The van der Waals surface area contributed by atoms with Crippen molar-refractivity contribution in [2.75, 3.05) is 0 Å². The average Bonchev–Trinajstić information content (AvgIpc) is 3.19. The fourth-order valence-electron chi connectivity index (χ4n) is 5.51. The molecule has 0 saturated carbocycles. The van der Waals surface area contributed by atoms with Crippen LogP contribution in [0.3, 0.4) is 0 Å². The maximum absolute atomic E-state index is 14.0. The molecule has 1 aliphatic carbocycles. The average molecular weight is 441 g/mol. The van der Waals surface area contributed by atoms with Crippen LogP contribution >= 0.6 is 0 Å². The number of nitrogens with zero attached hydrogens (tertiary/aromatic N) is 1. The largest absolute Gasteiger partial charge is 0.401 e. The Hall–Kier alpha value is -4.42. The second-order valence-corrected chi connectivity index (χ2v) is 8.58. The number of hydrogen-bond acceptors (Lipinski definition) is 3. The van der Waals surface area contributed by atoms with Crippen molar-refractivity contribution in [2.45, 2.75) is 11.3 Å². The standard InChI is InChI=1S/C31H24N2O/c32-21-26-29(33)27(30(34)23-15-7-2-8-16-23)28(22-13-5-1-6-14-22)31(26,24-17-9-3-10-18-24)25-19-11-4-12-20-25/h1-20,27-28H,33H2. The van der Waals surface area contributed by atoms with E-state index in [0.717, 1.165) is 16.7 Å². The third-order valence-corrected chi connectivity index (χ3v) is 6.89. The third-order valence-electron chi connectivity index (χ3n) is 6.89. The van der Waals surface area contributed by atoms with Crippen molar-refractivity contribution in [2.24, 2.45) is 11.7 Å². The third kappa shape index (κ3) is 3.24. The normalized spacial score (nSPS) is 18.9. The molecule has 4 aromatic rings. The summed E-state index contributed by atoms with van der Waals surface area (Å²) in [4.78, 5) is 14.0. The summed E-state index contributed by atoms with van der Waals surface area (Å²) >= 11 is 0. The van der Waals surface area contributed by atoms with Crippen LogP contribution in [0.4, 0.5) is 0 Å². The van der Waals surface area contributed by atoms with Gasteiger partial charge in [0.1, 0.15) is 0 Å². The Kier molecular flexibility index (Phi) is 5.57. The van der Waals surface area contributed by atoms with E-state index >= 15 is 0 Å². The van der Waals surface area contributed by atoms with Crippen molar-refractivity contribution < 1.29 is 4.79 Å². The number of hydrogen-bond donors (Lipinski definition) is 1. The number of rotatable bonds is 5. The van der Waals surface area contributed by atoms with E-state index in [1.54, 1.807) is 0 Å². The minimum Gasteiger partial charge on any atom is -0.401 e. The molecule has 0 heterocycles. The highest BCUT2D eigenvalue weighted by atomic mass is 16.1. The second-order valence-electron chi connectivity index (χ2n) is 8.58. The van der Waals surface area contributed by atoms with Gasteiger partial charge in [-0.15, -0.1) is 0 Å². The van der Waals surface area contributed by atoms with Gasteiger partial charge in [0.15, 0.2) is 5.78 Å². The molecule has 2 unspecified atom stereocenters. The van der Waals surface area contributed by atoms with Crippen LogP contribution < -0.4 is 5.73 Å². The van der Waals surface area contributed by atoms with Crippen LogP contribution in [0.25, 0.3) is 0 Å². The van der Waals surface area contributed by atoms with E-state index in [4.69, 9.17) is 5.73 Å². The highest BCUT2D eigenvalue weighted by molar-refractivity contribution is 6.01. The first-order valence-corrected chi connectivity index (χ1v) is 11.3. The Morgan fingerprint density at radius 3 is 1.62 bits per heavy atom. The zero-order valence-electron chi connectivity index (χ0n) is 18.6. The van der Waals surface area contributed by atoms with E-state index in [-0.39, 0.29) is 11.7 Å². The molecule has 0 bridgehead atoms. The van der Waals surface area contributed by atoms with E-state index in [1.165, 1.54) is 0 Å². The molecule has 4 aromatic carbocycles. The van der Waals surface area contributed by atoms with Crippen LogP contribution in [0.1, 0.15) is 33.0 Å². The number of allylic oxidation sites excluding steroid dienone is 2. The van der Waals surface area contributed by atoms with Crippen LogP contribution in [-0.2, 0) is 5.41 Å². The summed E-state index contributed by atoms with van der Waals surface area (Å²) in [6.07, 6.45) is 0. The van der Waals surface area contributed by atoms with Gasteiger partial charge in [-0.25, -0.2) is 0 Å². The summed E-state index contributed by atoms with van der Waals surface area (Å²) < 4.78 is 0. The van der Waals surface area contributed by atoms with Gasteiger partial charge in [0.2, 0.25) is 0 Å². The molecule has 2 atom stereocenters. The van der Waals surface area contributed by atoms with Crippen molar-refractivity contribution in [3.63, 3.8) is 0 Å². The van der Waals surface area contributed by atoms with Gasteiger partial charge < -0.3 is 5.73 Å². The van der Waals surface area contributed by atoms with Crippen molar-refractivity contribution in [1.29, 1.82) is 5.26 Å². The summed E-state index contributed by atoms with van der Waals surface area (Å²) in [6.45, 7) is 0. The number of Topliss-reactive ketones (excluding diaryl/α,β-unsaturated/α-hetero) is 1. The number of carbonyl (C=O) groups excluding carboxylic acids is 1. The predicted octanol–water partition coefficient (Wildman–Crippen LogP) is 6.01. The summed E-state index contributed by atoms with van der Waals surface area (Å²) in [5.41, 5.74) is 10.1. The maximum Gasteiger partial charge on any atom is 0.172 e. The van der Waals surface area contributed by atoms with Crippen LogP contribution in [-0.4, -0.2) is 5.78 Å². The van der Waals surface area contributed by atoms with E-state index in [2.05, 4.69) is 6.07 Å². The molecule has 2 N–H and O–H groups in total. The van der Waals surface area contributed by atoms with Crippen molar-refractivity contribution in [3.05, 3.63) is 155 Å². The molecule has 1 aliphatic rings. The second kappa shape index (κ2) is 8.84. The number of ketones is 1. The van der Waals surface area contributed by atoms with Gasteiger partial charge >= 0.3 is 0 Å². The molecule has 3 nitrogen and oxygen atoms in total. The Morgan fingerprint density at radius 1 is 0.706 bits per heavy atom.